The highest BCUT2D eigenvalue weighted by molar-refractivity contribution is 14.0. The summed E-state index contributed by atoms with van der Waals surface area (Å²) in [5.41, 5.74) is 0.0786. The molecule has 0 atom stereocenters. The van der Waals surface area contributed by atoms with Crippen LogP contribution >= 0.6 is 24.0 Å². The first kappa shape index (κ1) is 25.1. The number of aliphatic imine (C=N–C) groups is 1. The normalized spacial score (nSPS) is 11.9. The van der Waals surface area contributed by atoms with Crippen molar-refractivity contribution in [1.82, 2.24) is 25.0 Å². The van der Waals surface area contributed by atoms with Gasteiger partial charge in [0.15, 0.2) is 11.8 Å². The van der Waals surface area contributed by atoms with Gasteiger partial charge in [0, 0.05) is 34.3 Å². The topological polar surface area (TPSA) is 67.6 Å². The van der Waals surface area contributed by atoms with E-state index in [0.29, 0.717) is 38.0 Å². The minimum atomic E-state index is -4.34. The van der Waals surface area contributed by atoms with Crippen molar-refractivity contribution in [3.05, 3.63) is 47.0 Å². The minimum Gasteiger partial charge on any atom is -0.383 e. The second-order valence-corrected chi connectivity index (χ2v) is 6.33. The zero-order chi connectivity index (χ0) is 20.7. The summed E-state index contributed by atoms with van der Waals surface area (Å²) in [7, 11) is 5.29. The molecule has 29 heavy (non-hydrogen) atoms. The third kappa shape index (κ3) is 7.46. The SMILES string of the molecule is COCCNC(=NCc1nnc(C)n1C)N(C)Cc1ccc(C(F)(F)F)cc1.I. The number of hydrogen-bond donors (Lipinski definition) is 1. The van der Waals surface area contributed by atoms with Gasteiger partial charge in [0.1, 0.15) is 12.4 Å². The predicted molar refractivity (Wildman–Crippen MR) is 115 cm³/mol. The second kappa shape index (κ2) is 11.3. The third-order valence-electron chi connectivity index (χ3n) is 4.20. The van der Waals surface area contributed by atoms with Crippen LogP contribution in [-0.4, -0.2) is 52.9 Å². The first-order valence-corrected chi connectivity index (χ1v) is 8.71. The maximum absolute atomic E-state index is 12.7. The molecule has 162 valence electrons. The maximum Gasteiger partial charge on any atom is 0.416 e. The summed E-state index contributed by atoms with van der Waals surface area (Å²) >= 11 is 0. The van der Waals surface area contributed by atoms with Crippen LogP contribution in [0, 0.1) is 6.92 Å². The Hall–Kier alpha value is -1.89. The molecule has 0 bridgehead atoms. The molecule has 0 saturated carbocycles. The van der Waals surface area contributed by atoms with E-state index >= 15 is 0 Å². The van der Waals surface area contributed by atoms with E-state index in [1.165, 1.54) is 12.1 Å². The summed E-state index contributed by atoms with van der Waals surface area (Å²) in [5.74, 6) is 2.10. The predicted octanol–water partition coefficient (Wildman–Crippen LogP) is 2.98. The van der Waals surface area contributed by atoms with Crippen LogP contribution in [-0.2, 0) is 31.1 Å². The van der Waals surface area contributed by atoms with Crippen LogP contribution in [0.5, 0.6) is 0 Å². The molecule has 0 radical (unpaired) electrons. The fraction of sp³-hybridized carbons (Fsp3) is 0.500. The fourth-order valence-electron chi connectivity index (χ4n) is 2.46. The Morgan fingerprint density at radius 1 is 1.24 bits per heavy atom. The maximum atomic E-state index is 12.7. The van der Waals surface area contributed by atoms with Crippen LogP contribution in [0.4, 0.5) is 13.2 Å². The molecule has 0 saturated heterocycles. The van der Waals surface area contributed by atoms with E-state index in [0.717, 1.165) is 23.5 Å². The van der Waals surface area contributed by atoms with Crippen LogP contribution in [0.25, 0.3) is 0 Å². The number of hydrogen-bond acceptors (Lipinski definition) is 4. The van der Waals surface area contributed by atoms with Gasteiger partial charge in [0.2, 0.25) is 0 Å². The van der Waals surface area contributed by atoms with Crippen molar-refractivity contribution in [3.8, 4) is 0 Å². The van der Waals surface area contributed by atoms with E-state index in [1.807, 2.05) is 30.5 Å². The lowest BCUT2D eigenvalue weighted by atomic mass is 10.1. The summed E-state index contributed by atoms with van der Waals surface area (Å²) in [6, 6.07) is 5.11. The number of methoxy groups -OCH3 is 1. The molecule has 0 fully saturated rings. The highest BCUT2D eigenvalue weighted by Gasteiger charge is 2.29. The van der Waals surface area contributed by atoms with E-state index in [4.69, 9.17) is 4.74 Å². The molecule has 7 nitrogen and oxygen atoms in total. The largest absolute Gasteiger partial charge is 0.416 e. The number of ether oxygens (including phenoxy) is 1. The molecular weight excluding hydrogens is 500 g/mol. The number of aromatic nitrogens is 3. The Morgan fingerprint density at radius 3 is 2.41 bits per heavy atom. The van der Waals surface area contributed by atoms with Gasteiger partial charge < -0.3 is 19.5 Å². The first-order chi connectivity index (χ1) is 13.2. The van der Waals surface area contributed by atoms with Gasteiger partial charge in [-0.2, -0.15) is 13.2 Å². The molecule has 1 heterocycles. The molecule has 0 aliphatic heterocycles. The molecule has 11 heteroatoms. The standard InChI is InChI=1S/C18H25F3N6O.HI/c1-13-24-25-16(27(13)3)11-23-17(22-9-10-28-4)26(2)12-14-5-7-15(8-6-14)18(19,20)21;/h5-8H,9-12H2,1-4H3,(H,22,23);1H. The Balaban J connectivity index is 0.00000420. The zero-order valence-electron chi connectivity index (χ0n) is 16.8. The average Bonchev–Trinajstić information content (AvgIpc) is 2.96. The van der Waals surface area contributed by atoms with Crippen molar-refractivity contribution in [3.63, 3.8) is 0 Å². The lowest BCUT2D eigenvalue weighted by molar-refractivity contribution is -0.137. The highest BCUT2D eigenvalue weighted by Crippen LogP contribution is 2.29. The number of nitrogens with one attached hydrogen (secondary N) is 1. The quantitative estimate of drug-likeness (QED) is 0.260. The molecule has 1 N–H and O–H groups in total. The number of nitrogens with zero attached hydrogens (tertiary/aromatic N) is 5. The molecule has 1 aromatic heterocycles. The van der Waals surface area contributed by atoms with Crippen molar-refractivity contribution < 1.29 is 17.9 Å². The molecule has 0 aliphatic rings. The molecule has 2 rings (SSSR count). The molecule has 1 aromatic carbocycles. The van der Waals surface area contributed by atoms with Crippen molar-refractivity contribution in [2.24, 2.45) is 12.0 Å². The molecular formula is C18H26F3IN6O. The van der Waals surface area contributed by atoms with E-state index < -0.39 is 11.7 Å². The summed E-state index contributed by atoms with van der Waals surface area (Å²) in [6.07, 6.45) is -4.34. The minimum absolute atomic E-state index is 0. The summed E-state index contributed by atoms with van der Waals surface area (Å²) < 4.78 is 45.0. The van der Waals surface area contributed by atoms with E-state index in [2.05, 4.69) is 20.5 Å². The van der Waals surface area contributed by atoms with Gasteiger partial charge in [-0.25, -0.2) is 4.99 Å². The van der Waals surface area contributed by atoms with E-state index in [-0.39, 0.29) is 24.0 Å². The number of alkyl halides is 3. The Labute approximate surface area is 185 Å². The number of guanidine groups is 1. The van der Waals surface area contributed by atoms with Crippen LogP contribution in [0.3, 0.4) is 0 Å². The van der Waals surface area contributed by atoms with Crippen LogP contribution < -0.4 is 5.32 Å². The van der Waals surface area contributed by atoms with Gasteiger partial charge in [-0.3, -0.25) is 0 Å². The van der Waals surface area contributed by atoms with Crippen molar-refractivity contribution >= 4 is 29.9 Å². The molecule has 0 unspecified atom stereocenters. The zero-order valence-corrected chi connectivity index (χ0v) is 19.2. The van der Waals surface area contributed by atoms with Gasteiger partial charge in [0.25, 0.3) is 0 Å². The molecule has 2 aromatic rings. The summed E-state index contributed by atoms with van der Waals surface area (Å²) in [4.78, 5) is 6.40. The van der Waals surface area contributed by atoms with Crippen molar-refractivity contribution in [2.75, 3.05) is 27.3 Å². The molecule has 0 aliphatic carbocycles. The number of benzene rings is 1. The Morgan fingerprint density at radius 2 is 1.90 bits per heavy atom. The first-order valence-electron chi connectivity index (χ1n) is 8.71. The van der Waals surface area contributed by atoms with E-state index in [9.17, 15) is 13.2 Å². The van der Waals surface area contributed by atoms with Gasteiger partial charge in [-0.15, -0.1) is 34.2 Å². The summed E-state index contributed by atoms with van der Waals surface area (Å²) in [6.45, 7) is 3.62. The fourth-order valence-corrected chi connectivity index (χ4v) is 2.46. The lowest BCUT2D eigenvalue weighted by Crippen LogP contribution is -2.40. The monoisotopic (exact) mass is 526 g/mol. The van der Waals surface area contributed by atoms with Crippen LogP contribution in [0.2, 0.25) is 0 Å². The van der Waals surface area contributed by atoms with Crippen LogP contribution in [0.1, 0.15) is 22.8 Å². The van der Waals surface area contributed by atoms with Gasteiger partial charge >= 0.3 is 6.18 Å². The number of aryl methyl sites for hydroxylation is 1. The van der Waals surface area contributed by atoms with Gasteiger partial charge in [0.05, 0.1) is 12.2 Å². The molecule has 0 spiro atoms. The number of rotatable bonds is 7. The van der Waals surface area contributed by atoms with Crippen LogP contribution in [0.15, 0.2) is 29.3 Å². The van der Waals surface area contributed by atoms with Gasteiger partial charge in [-0.05, 0) is 24.6 Å². The van der Waals surface area contributed by atoms with Crippen molar-refractivity contribution in [2.45, 2.75) is 26.2 Å². The summed E-state index contributed by atoms with van der Waals surface area (Å²) in [5, 5.41) is 11.3. The van der Waals surface area contributed by atoms with E-state index in [1.54, 1.807) is 7.11 Å². The molecule has 0 amide bonds. The lowest BCUT2D eigenvalue weighted by Gasteiger charge is -2.23. The van der Waals surface area contributed by atoms with Crippen molar-refractivity contribution in [1.29, 1.82) is 0 Å². The second-order valence-electron chi connectivity index (χ2n) is 6.33. The Bertz CT molecular complexity index is 792. The Kier molecular flexibility index (Phi) is 9.83. The smallest absolute Gasteiger partial charge is 0.383 e. The van der Waals surface area contributed by atoms with Gasteiger partial charge in [-0.1, -0.05) is 12.1 Å². The number of halogens is 4. The third-order valence-corrected chi connectivity index (χ3v) is 4.20. The average molecular weight is 526 g/mol. The highest BCUT2D eigenvalue weighted by atomic mass is 127.